The second kappa shape index (κ2) is 5.71. The SMILES string of the molecule is Cc1[nH]c(=O)sc1S(=O)(=O)N1CCN(CC(F)(F)F)CC1. The Morgan fingerprint density at radius 2 is 1.81 bits per heavy atom. The molecule has 1 aliphatic heterocycles. The maximum atomic E-state index is 12.4. The highest BCUT2D eigenvalue weighted by Crippen LogP contribution is 2.23. The molecule has 0 saturated carbocycles. The number of aryl methyl sites for hydroxylation is 1. The first-order valence-electron chi connectivity index (χ1n) is 6.08. The Hall–Kier alpha value is -0.910. The zero-order valence-corrected chi connectivity index (χ0v) is 12.7. The van der Waals surface area contributed by atoms with E-state index in [2.05, 4.69) is 4.98 Å². The summed E-state index contributed by atoms with van der Waals surface area (Å²) in [6.07, 6.45) is -4.29. The van der Waals surface area contributed by atoms with Gasteiger partial charge in [-0.15, -0.1) is 0 Å². The molecule has 6 nitrogen and oxygen atoms in total. The smallest absolute Gasteiger partial charge is 0.315 e. The van der Waals surface area contributed by atoms with Crippen molar-refractivity contribution in [2.45, 2.75) is 17.3 Å². The average Bonchev–Trinajstić information content (AvgIpc) is 2.68. The van der Waals surface area contributed by atoms with Crippen molar-refractivity contribution in [2.24, 2.45) is 0 Å². The van der Waals surface area contributed by atoms with Crippen molar-refractivity contribution < 1.29 is 21.6 Å². The summed E-state index contributed by atoms with van der Waals surface area (Å²) >= 11 is 0.591. The van der Waals surface area contributed by atoms with E-state index in [0.717, 1.165) is 4.31 Å². The molecule has 1 N–H and O–H groups in total. The first-order chi connectivity index (χ1) is 9.59. The molecular weight excluding hydrogens is 331 g/mol. The molecule has 120 valence electrons. The van der Waals surface area contributed by atoms with Crippen LogP contribution < -0.4 is 4.87 Å². The van der Waals surface area contributed by atoms with Crippen LogP contribution >= 0.6 is 11.3 Å². The molecule has 21 heavy (non-hydrogen) atoms. The molecule has 2 heterocycles. The van der Waals surface area contributed by atoms with Crippen molar-refractivity contribution >= 4 is 21.4 Å². The number of hydrogen-bond donors (Lipinski definition) is 1. The van der Waals surface area contributed by atoms with E-state index in [1.807, 2.05) is 0 Å². The second-order valence-electron chi connectivity index (χ2n) is 4.72. The molecule has 1 aliphatic rings. The number of thiazole rings is 1. The summed E-state index contributed by atoms with van der Waals surface area (Å²) in [4.78, 5) is 14.3. The number of piperazine rings is 1. The Morgan fingerprint density at radius 1 is 1.24 bits per heavy atom. The Labute approximate surface area is 123 Å². The van der Waals surface area contributed by atoms with Gasteiger partial charge in [0, 0.05) is 31.9 Å². The van der Waals surface area contributed by atoms with Crippen molar-refractivity contribution in [2.75, 3.05) is 32.7 Å². The Bertz CT molecular complexity index is 657. The van der Waals surface area contributed by atoms with E-state index in [4.69, 9.17) is 0 Å². The van der Waals surface area contributed by atoms with Gasteiger partial charge >= 0.3 is 11.0 Å². The van der Waals surface area contributed by atoms with Gasteiger partial charge < -0.3 is 4.98 Å². The predicted molar refractivity (Wildman–Crippen MR) is 70.9 cm³/mol. The van der Waals surface area contributed by atoms with Crippen LogP contribution in [0.15, 0.2) is 9.00 Å². The van der Waals surface area contributed by atoms with Crippen LogP contribution in [0.25, 0.3) is 0 Å². The lowest BCUT2D eigenvalue weighted by Gasteiger charge is -2.33. The summed E-state index contributed by atoms with van der Waals surface area (Å²) < 4.78 is 62.6. The highest BCUT2D eigenvalue weighted by atomic mass is 32.2. The first-order valence-corrected chi connectivity index (χ1v) is 8.34. The number of hydrogen-bond acceptors (Lipinski definition) is 5. The summed E-state index contributed by atoms with van der Waals surface area (Å²) in [5.41, 5.74) is 0.253. The maximum Gasteiger partial charge on any atom is 0.401 e. The van der Waals surface area contributed by atoms with Crippen LogP contribution in [0.4, 0.5) is 13.2 Å². The van der Waals surface area contributed by atoms with Crippen LogP contribution in [0.5, 0.6) is 0 Å². The van der Waals surface area contributed by atoms with Gasteiger partial charge in [-0.25, -0.2) is 8.42 Å². The molecule has 0 aromatic carbocycles. The van der Waals surface area contributed by atoms with Gasteiger partial charge in [-0.1, -0.05) is 11.3 Å². The number of nitrogens with zero attached hydrogens (tertiary/aromatic N) is 2. The molecule has 2 rings (SSSR count). The van der Waals surface area contributed by atoms with Crippen LogP contribution in [0, 0.1) is 6.92 Å². The number of aromatic nitrogens is 1. The van der Waals surface area contributed by atoms with Crippen LogP contribution in [0.1, 0.15) is 5.69 Å². The standard InChI is InChI=1S/C10H14F3N3O3S2/c1-7-8(20-9(17)14-7)21(18,19)16-4-2-15(3-5-16)6-10(11,12)13/h2-6H2,1H3,(H,14,17). The van der Waals surface area contributed by atoms with Gasteiger partial charge in [0.05, 0.1) is 6.54 Å². The molecule has 1 aromatic heterocycles. The van der Waals surface area contributed by atoms with Gasteiger partial charge in [0.1, 0.15) is 0 Å². The monoisotopic (exact) mass is 345 g/mol. The Morgan fingerprint density at radius 3 is 2.24 bits per heavy atom. The zero-order valence-electron chi connectivity index (χ0n) is 11.1. The van der Waals surface area contributed by atoms with Crippen molar-refractivity contribution in [3.8, 4) is 0 Å². The Kier molecular flexibility index (Phi) is 4.47. The van der Waals surface area contributed by atoms with Crippen molar-refractivity contribution in [3.05, 3.63) is 15.4 Å². The van der Waals surface area contributed by atoms with Gasteiger partial charge in [0.25, 0.3) is 10.0 Å². The minimum Gasteiger partial charge on any atom is -0.315 e. The highest BCUT2D eigenvalue weighted by Gasteiger charge is 2.35. The fourth-order valence-corrected chi connectivity index (χ4v) is 4.99. The minimum absolute atomic E-state index is 0.0110. The number of sulfonamides is 1. The molecule has 0 radical (unpaired) electrons. The first kappa shape index (κ1) is 16.5. The number of alkyl halides is 3. The molecule has 1 saturated heterocycles. The number of aromatic amines is 1. The lowest BCUT2D eigenvalue weighted by molar-refractivity contribution is -0.148. The fraction of sp³-hybridized carbons (Fsp3) is 0.700. The molecule has 11 heteroatoms. The Balaban J connectivity index is 2.08. The number of halogens is 3. The van der Waals surface area contributed by atoms with Crippen LogP contribution in [0.2, 0.25) is 0 Å². The normalized spacial score (nSPS) is 19.0. The van der Waals surface area contributed by atoms with Crippen molar-refractivity contribution in [1.29, 1.82) is 0 Å². The van der Waals surface area contributed by atoms with Gasteiger partial charge in [0.2, 0.25) is 0 Å². The van der Waals surface area contributed by atoms with E-state index in [1.165, 1.54) is 11.8 Å². The summed E-state index contributed by atoms with van der Waals surface area (Å²) in [5.74, 6) is 0. The number of rotatable bonds is 3. The van der Waals surface area contributed by atoms with E-state index < -0.39 is 27.6 Å². The zero-order chi connectivity index (χ0) is 15.8. The quantitative estimate of drug-likeness (QED) is 0.871. The average molecular weight is 345 g/mol. The summed E-state index contributed by atoms with van der Waals surface area (Å²) in [7, 11) is -3.83. The predicted octanol–water partition coefficient (Wildman–Crippen LogP) is 0.613. The minimum atomic E-state index is -4.29. The van der Waals surface area contributed by atoms with Crippen LogP contribution in [-0.4, -0.2) is 61.5 Å². The van der Waals surface area contributed by atoms with Gasteiger partial charge in [0.15, 0.2) is 4.21 Å². The van der Waals surface area contributed by atoms with Crippen LogP contribution in [0.3, 0.4) is 0 Å². The molecular formula is C10H14F3N3O3S2. The summed E-state index contributed by atoms with van der Waals surface area (Å²) in [5, 5.41) is 0. The van der Waals surface area contributed by atoms with Crippen LogP contribution in [-0.2, 0) is 10.0 Å². The molecule has 0 amide bonds. The van der Waals surface area contributed by atoms with Crippen molar-refractivity contribution in [1.82, 2.24) is 14.2 Å². The van der Waals surface area contributed by atoms with Gasteiger partial charge in [-0.2, -0.15) is 17.5 Å². The summed E-state index contributed by atoms with van der Waals surface area (Å²) in [6, 6.07) is 0. The lowest BCUT2D eigenvalue weighted by atomic mass is 10.3. The third-order valence-corrected chi connectivity index (χ3v) is 6.57. The van der Waals surface area contributed by atoms with Gasteiger partial charge in [-0.05, 0) is 6.92 Å². The maximum absolute atomic E-state index is 12.4. The third kappa shape index (κ3) is 3.84. The van der Waals surface area contributed by atoms with E-state index in [0.29, 0.717) is 11.3 Å². The lowest BCUT2D eigenvalue weighted by Crippen LogP contribution is -2.50. The molecule has 0 spiro atoms. The van der Waals surface area contributed by atoms with E-state index >= 15 is 0 Å². The number of nitrogens with one attached hydrogen (secondary N) is 1. The molecule has 0 bridgehead atoms. The second-order valence-corrected chi connectivity index (χ2v) is 7.84. The van der Waals surface area contributed by atoms with E-state index in [1.54, 1.807) is 0 Å². The third-order valence-electron chi connectivity index (χ3n) is 3.09. The fourth-order valence-electron chi connectivity index (χ4n) is 2.14. The molecule has 1 aromatic rings. The largest absolute Gasteiger partial charge is 0.401 e. The number of H-pyrrole nitrogens is 1. The molecule has 1 fully saturated rings. The van der Waals surface area contributed by atoms with Crippen molar-refractivity contribution in [3.63, 3.8) is 0 Å². The van der Waals surface area contributed by atoms with E-state index in [9.17, 15) is 26.4 Å². The highest BCUT2D eigenvalue weighted by molar-refractivity contribution is 7.91. The molecule has 0 atom stereocenters. The van der Waals surface area contributed by atoms with E-state index in [-0.39, 0.29) is 36.1 Å². The van der Waals surface area contributed by atoms with Gasteiger partial charge in [-0.3, -0.25) is 9.69 Å². The molecule has 0 unspecified atom stereocenters. The molecule has 0 aliphatic carbocycles. The summed E-state index contributed by atoms with van der Waals surface area (Å²) in [6.45, 7) is 0.407. The topological polar surface area (TPSA) is 73.5 Å².